The Morgan fingerprint density at radius 3 is 2.53 bits per heavy atom. The summed E-state index contributed by atoms with van der Waals surface area (Å²) in [4.78, 5) is 11.0. The minimum atomic E-state index is -1.43. The maximum Gasteiger partial charge on any atom is 0.340 e. The highest BCUT2D eigenvalue weighted by molar-refractivity contribution is 5.79. The fourth-order valence-corrected chi connectivity index (χ4v) is 1.27. The molecule has 4 heteroatoms. The highest BCUT2D eigenvalue weighted by Crippen LogP contribution is 2.26. The van der Waals surface area contributed by atoms with Crippen molar-refractivity contribution in [2.75, 3.05) is 7.11 Å². The molecule has 1 N–H and O–H groups in total. The molecule has 1 rings (SSSR count). The zero-order valence-electron chi connectivity index (χ0n) is 8.87. The molecule has 82 valence electrons. The van der Waals surface area contributed by atoms with E-state index in [0.717, 1.165) is 0 Å². The van der Waals surface area contributed by atoms with E-state index in [1.165, 1.54) is 32.2 Å². The van der Waals surface area contributed by atoms with Crippen LogP contribution in [0.1, 0.15) is 18.1 Å². The molecule has 1 aromatic rings. The lowest BCUT2D eigenvalue weighted by molar-refractivity contribution is -0.161. The normalized spacial score (nSPS) is 14.7. The molecule has 0 heterocycles. The summed E-state index contributed by atoms with van der Waals surface area (Å²) in [5.74, 6) is -1.46. The minimum Gasteiger partial charge on any atom is -0.479 e. The van der Waals surface area contributed by atoms with Crippen molar-refractivity contribution >= 4 is 5.97 Å². The number of aryl methyl sites for hydroxylation is 1. The first-order chi connectivity index (χ1) is 6.91. The van der Waals surface area contributed by atoms with Crippen LogP contribution in [0.25, 0.3) is 0 Å². The summed E-state index contributed by atoms with van der Waals surface area (Å²) in [6, 6.07) is 4.14. The first-order valence-electron chi connectivity index (χ1n) is 4.47. The molecule has 1 atom stereocenters. The third kappa shape index (κ3) is 1.99. The maximum absolute atomic E-state index is 13.0. The van der Waals surface area contributed by atoms with Crippen molar-refractivity contribution in [1.29, 1.82) is 0 Å². The van der Waals surface area contributed by atoms with Gasteiger partial charge in [0.25, 0.3) is 0 Å². The Labute approximate surface area is 87.5 Å². The van der Waals surface area contributed by atoms with Crippen LogP contribution >= 0.6 is 0 Å². The van der Waals surface area contributed by atoms with E-state index in [2.05, 4.69) is 0 Å². The quantitative estimate of drug-likeness (QED) is 0.834. The summed E-state index contributed by atoms with van der Waals surface area (Å²) in [6.07, 6.45) is 0. The van der Waals surface area contributed by atoms with Crippen LogP contribution in [0.5, 0.6) is 0 Å². The molecule has 0 aromatic heterocycles. The molecule has 0 amide bonds. The van der Waals surface area contributed by atoms with E-state index in [1.807, 2.05) is 0 Å². The summed E-state index contributed by atoms with van der Waals surface area (Å²) in [5.41, 5.74) is -0.605. The molecule has 0 saturated heterocycles. The monoisotopic (exact) mass is 212 g/mol. The predicted molar refractivity (Wildman–Crippen MR) is 53.1 cm³/mol. The third-order valence-corrected chi connectivity index (χ3v) is 2.53. The molecule has 1 aromatic carbocycles. The molecule has 0 radical (unpaired) electrons. The smallest absolute Gasteiger partial charge is 0.340 e. The molecule has 0 saturated carbocycles. The molecule has 3 nitrogen and oxygen atoms in total. The van der Waals surface area contributed by atoms with Gasteiger partial charge in [0.2, 0.25) is 0 Å². The molecule has 0 bridgehead atoms. The molecule has 0 spiro atoms. The van der Waals surface area contributed by atoms with Crippen LogP contribution in [0.3, 0.4) is 0 Å². The zero-order chi connectivity index (χ0) is 11.6. The Morgan fingerprint density at radius 2 is 2.13 bits per heavy atom. The minimum absolute atomic E-state index is 0.359. The predicted octanol–water partition coefficient (Wildman–Crippen LogP) is 2.08. The Kier molecular flexibility index (Phi) is 3.09. The largest absolute Gasteiger partial charge is 0.479 e. The Balaban J connectivity index is 3.25. The van der Waals surface area contributed by atoms with Gasteiger partial charge < -0.3 is 9.84 Å². The van der Waals surface area contributed by atoms with Gasteiger partial charge in [-0.25, -0.2) is 9.18 Å². The van der Waals surface area contributed by atoms with Gasteiger partial charge in [0.15, 0.2) is 5.60 Å². The topological polar surface area (TPSA) is 46.5 Å². The molecule has 0 aliphatic carbocycles. The van der Waals surface area contributed by atoms with Gasteiger partial charge >= 0.3 is 5.97 Å². The Bertz CT molecular complexity index is 389. The zero-order valence-corrected chi connectivity index (χ0v) is 8.87. The second-order valence-corrected chi connectivity index (χ2v) is 3.51. The number of hydrogen-bond donors (Lipinski definition) is 1. The second-order valence-electron chi connectivity index (χ2n) is 3.51. The number of carbonyl (C=O) groups is 1. The number of halogens is 1. The maximum atomic E-state index is 13.0. The first kappa shape index (κ1) is 11.7. The van der Waals surface area contributed by atoms with Crippen LogP contribution < -0.4 is 0 Å². The highest BCUT2D eigenvalue weighted by Gasteiger charge is 2.35. The van der Waals surface area contributed by atoms with Gasteiger partial charge in [0.1, 0.15) is 5.82 Å². The lowest BCUT2D eigenvalue weighted by Crippen LogP contribution is -2.34. The van der Waals surface area contributed by atoms with Crippen molar-refractivity contribution in [2.24, 2.45) is 0 Å². The number of carboxylic acid groups (broad SMARTS) is 1. The van der Waals surface area contributed by atoms with Crippen molar-refractivity contribution in [3.63, 3.8) is 0 Å². The SMILES string of the molecule is COC(C)(C(=O)O)c1ccc(F)c(C)c1. The number of benzene rings is 1. The summed E-state index contributed by atoms with van der Waals surface area (Å²) < 4.78 is 18.0. The number of methoxy groups -OCH3 is 1. The van der Waals surface area contributed by atoms with E-state index >= 15 is 0 Å². The van der Waals surface area contributed by atoms with E-state index in [1.54, 1.807) is 6.92 Å². The molecular formula is C11H13FO3. The fourth-order valence-electron chi connectivity index (χ4n) is 1.27. The van der Waals surface area contributed by atoms with Crippen LogP contribution in [-0.2, 0) is 15.1 Å². The van der Waals surface area contributed by atoms with Crippen LogP contribution in [0, 0.1) is 12.7 Å². The Morgan fingerprint density at radius 1 is 1.53 bits per heavy atom. The average molecular weight is 212 g/mol. The number of hydrogen-bond acceptors (Lipinski definition) is 2. The number of ether oxygens (including phenoxy) is 1. The van der Waals surface area contributed by atoms with Gasteiger partial charge in [-0.2, -0.15) is 0 Å². The van der Waals surface area contributed by atoms with Gasteiger partial charge in [0, 0.05) is 7.11 Å². The third-order valence-electron chi connectivity index (χ3n) is 2.53. The summed E-state index contributed by atoms with van der Waals surface area (Å²) in [7, 11) is 1.31. The van der Waals surface area contributed by atoms with Crippen molar-refractivity contribution in [2.45, 2.75) is 19.4 Å². The van der Waals surface area contributed by atoms with Gasteiger partial charge in [-0.1, -0.05) is 6.07 Å². The van der Waals surface area contributed by atoms with Crippen molar-refractivity contribution in [3.05, 3.63) is 35.1 Å². The van der Waals surface area contributed by atoms with Crippen LogP contribution in [-0.4, -0.2) is 18.2 Å². The highest BCUT2D eigenvalue weighted by atomic mass is 19.1. The lowest BCUT2D eigenvalue weighted by Gasteiger charge is -2.23. The molecule has 1 unspecified atom stereocenters. The van der Waals surface area contributed by atoms with Crippen molar-refractivity contribution in [1.82, 2.24) is 0 Å². The molecular weight excluding hydrogens is 199 g/mol. The molecule has 0 aliphatic heterocycles. The lowest BCUT2D eigenvalue weighted by atomic mass is 9.94. The van der Waals surface area contributed by atoms with Gasteiger partial charge in [0.05, 0.1) is 0 Å². The van der Waals surface area contributed by atoms with E-state index < -0.39 is 11.6 Å². The standard InChI is InChI=1S/C11H13FO3/c1-7-6-8(4-5-9(7)12)11(2,15-3)10(13)14/h4-6H,1-3H3,(H,13,14). The fraction of sp³-hybridized carbons (Fsp3) is 0.364. The Hall–Kier alpha value is -1.42. The molecule has 0 fully saturated rings. The summed E-state index contributed by atoms with van der Waals surface area (Å²) in [6.45, 7) is 3.01. The van der Waals surface area contributed by atoms with Crippen LogP contribution in [0.2, 0.25) is 0 Å². The van der Waals surface area contributed by atoms with E-state index in [-0.39, 0.29) is 5.82 Å². The summed E-state index contributed by atoms with van der Waals surface area (Å²) >= 11 is 0. The number of carboxylic acids is 1. The van der Waals surface area contributed by atoms with Gasteiger partial charge in [-0.05, 0) is 37.1 Å². The van der Waals surface area contributed by atoms with Crippen LogP contribution in [0.15, 0.2) is 18.2 Å². The molecule has 15 heavy (non-hydrogen) atoms. The van der Waals surface area contributed by atoms with Gasteiger partial charge in [-0.3, -0.25) is 0 Å². The van der Waals surface area contributed by atoms with Crippen LogP contribution in [0.4, 0.5) is 4.39 Å². The van der Waals surface area contributed by atoms with E-state index in [0.29, 0.717) is 11.1 Å². The average Bonchev–Trinajstić information content (AvgIpc) is 2.20. The number of aliphatic carboxylic acids is 1. The van der Waals surface area contributed by atoms with Crippen molar-refractivity contribution in [3.8, 4) is 0 Å². The van der Waals surface area contributed by atoms with Gasteiger partial charge in [-0.15, -0.1) is 0 Å². The first-order valence-corrected chi connectivity index (χ1v) is 4.47. The second kappa shape index (κ2) is 3.98. The van der Waals surface area contributed by atoms with E-state index in [9.17, 15) is 9.18 Å². The van der Waals surface area contributed by atoms with Crippen molar-refractivity contribution < 1.29 is 19.0 Å². The number of rotatable bonds is 3. The molecule has 0 aliphatic rings. The summed E-state index contributed by atoms with van der Waals surface area (Å²) in [5, 5.41) is 9.03. The van der Waals surface area contributed by atoms with E-state index in [4.69, 9.17) is 9.84 Å².